The molecule has 0 bridgehead atoms. The van der Waals surface area contributed by atoms with Crippen molar-refractivity contribution in [2.24, 2.45) is 0 Å². The number of aromatic carboxylic acids is 1. The van der Waals surface area contributed by atoms with Crippen molar-refractivity contribution in [2.75, 3.05) is 6.54 Å². The Morgan fingerprint density at radius 2 is 2.20 bits per heavy atom. The lowest BCUT2D eigenvalue weighted by Gasteiger charge is -2.29. The molecule has 0 unspecified atom stereocenters. The molecule has 4 nitrogen and oxygen atoms in total. The Morgan fingerprint density at radius 3 is 2.67 bits per heavy atom. The number of rotatable bonds is 2. The van der Waals surface area contributed by atoms with Crippen LogP contribution in [0, 0.1) is 6.92 Å². The highest BCUT2D eigenvalue weighted by molar-refractivity contribution is 5.88. The third kappa shape index (κ3) is 1.68. The van der Waals surface area contributed by atoms with Gasteiger partial charge in [-0.2, -0.15) is 0 Å². The molecule has 3 N–H and O–H groups in total. The topological polar surface area (TPSA) is 69.6 Å². The van der Waals surface area contributed by atoms with E-state index in [2.05, 4.69) is 5.32 Å². The summed E-state index contributed by atoms with van der Waals surface area (Å²) in [6.07, 6.45) is 0.941. The molecule has 1 aliphatic heterocycles. The molecule has 0 aromatic heterocycles. The highest BCUT2D eigenvalue weighted by Crippen LogP contribution is 2.33. The summed E-state index contributed by atoms with van der Waals surface area (Å²) in [5.41, 5.74) is 1.53. The summed E-state index contributed by atoms with van der Waals surface area (Å²) in [5, 5.41) is 21.8. The van der Waals surface area contributed by atoms with E-state index in [-0.39, 0.29) is 17.4 Å². The van der Waals surface area contributed by atoms with Crippen LogP contribution >= 0.6 is 0 Å². The predicted octanol–water partition coefficient (Wildman–Crippen LogP) is 1.43. The number of carbonyl (C=O) groups is 1. The second kappa shape index (κ2) is 3.55. The van der Waals surface area contributed by atoms with Gasteiger partial charge in [-0.3, -0.25) is 0 Å². The van der Waals surface area contributed by atoms with Gasteiger partial charge >= 0.3 is 5.97 Å². The number of aryl methyl sites for hydroxylation is 1. The van der Waals surface area contributed by atoms with E-state index in [9.17, 15) is 9.90 Å². The minimum absolute atomic E-state index is 0.1000. The van der Waals surface area contributed by atoms with Crippen LogP contribution in [-0.2, 0) is 0 Å². The van der Waals surface area contributed by atoms with Crippen LogP contribution in [0.4, 0.5) is 0 Å². The van der Waals surface area contributed by atoms with Crippen molar-refractivity contribution in [1.29, 1.82) is 0 Å². The second-order valence-corrected chi connectivity index (χ2v) is 3.83. The van der Waals surface area contributed by atoms with Crippen molar-refractivity contribution in [3.63, 3.8) is 0 Å². The van der Waals surface area contributed by atoms with E-state index >= 15 is 0 Å². The summed E-state index contributed by atoms with van der Waals surface area (Å²) in [4.78, 5) is 10.8. The van der Waals surface area contributed by atoms with Crippen molar-refractivity contribution in [2.45, 2.75) is 19.4 Å². The molecule has 0 spiro atoms. The van der Waals surface area contributed by atoms with Gasteiger partial charge in [0.1, 0.15) is 5.75 Å². The number of nitrogens with one attached hydrogen (secondary N) is 1. The van der Waals surface area contributed by atoms with E-state index in [0.717, 1.165) is 13.0 Å². The van der Waals surface area contributed by atoms with Gasteiger partial charge in [-0.05, 0) is 37.6 Å². The number of hydrogen-bond donors (Lipinski definition) is 3. The first kappa shape index (κ1) is 9.98. The van der Waals surface area contributed by atoms with Gasteiger partial charge in [-0.25, -0.2) is 4.79 Å². The zero-order valence-corrected chi connectivity index (χ0v) is 8.45. The molecule has 1 fully saturated rings. The first-order valence-corrected chi connectivity index (χ1v) is 4.90. The largest absolute Gasteiger partial charge is 0.507 e. The quantitative estimate of drug-likeness (QED) is 0.686. The number of aromatic hydroxyl groups is 1. The lowest BCUT2D eigenvalue weighted by molar-refractivity contribution is 0.0696. The molecular weight excluding hydrogens is 194 g/mol. The molecule has 0 radical (unpaired) electrons. The molecule has 1 aromatic carbocycles. The van der Waals surface area contributed by atoms with E-state index in [0.29, 0.717) is 11.1 Å². The van der Waals surface area contributed by atoms with Gasteiger partial charge < -0.3 is 15.5 Å². The first-order chi connectivity index (χ1) is 7.09. The highest BCUT2D eigenvalue weighted by Gasteiger charge is 2.23. The van der Waals surface area contributed by atoms with Crippen LogP contribution in [0.5, 0.6) is 5.75 Å². The van der Waals surface area contributed by atoms with E-state index < -0.39 is 5.97 Å². The van der Waals surface area contributed by atoms with Gasteiger partial charge in [0.25, 0.3) is 0 Å². The number of carboxylic acid groups (broad SMARTS) is 1. The first-order valence-electron chi connectivity index (χ1n) is 4.90. The monoisotopic (exact) mass is 207 g/mol. The lowest BCUT2D eigenvalue weighted by Crippen LogP contribution is -2.35. The molecule has 1 atom stereocenters. The normalized spacial score (nSPS) is 19.7. The predicted molar refractivity (Wildman–Crippen MR) is 55.2 cm³/mol. The summed E-state index contributed by atoms with van der Waals surface area (Å²) in [6, 6.07) is 3.13. The molecule has 1 aliphatic rings. The number of benzene rings is 1. The van der Waals surface area contributed by atoms with Gasteiger partial charge in [-0.15, -0.1) is 0 Å². The summed E-state index contributed by atoms with van der Waals surface area (Å²) < 4.78 is 0. The summed E-state index contributed by atoms with van der Waals surface area (Å²) in [5.74, 6) is -0.754. The Kier molecular flexibility index (Phi) is 2.36. The Bertz CT molecular complexity index is 411. The molecule has 2 rings (SSSR count). The fraction of sp³-hybridized carbons (Fsp3) is 0.364. The highest BCUT2D eigenvalue weighted by atomic mass is 16.4. The fourth-order valence-electron chi connectivity index (χ4n) is 1.75. The molecule has 1 heterocycles. The van der Waals surface area contributed by atoms with Crippen LogP contribution in [0.3, 0.4) is 0 Å². The van der Waals surface area contributed by atoms with Crippen molar-refractivity contribution in [1.82, 2.24) is 5.32 Å². The van der Waals surface area contributed by atoms with E-state index in [1.165, 1.54) is 6.07 Å². The average molecular weight is 207 g/mol. The molecule has 0 amide bonds. The van der Waals surface area contributed by atoms with Gasteiger partial charge in [0.2, 0.25) is 0 Å². The SMILES string of the molecule is Cc1cc(C(=O)O)cc([C@H]2CCN2)c1O. The maximum absolute atomic E-state index is 10.8. The maximum Gasteiger partial charge on any atom is 0.335 e. The molecule has 0 aliphatic carbocycles. The standard InChI is InChI=1S/C11H13NO3/c1-6-4-7(11(14)15)5-8(10(6)13)9-2-3-12-9/h4-5,9,12-13H,2-3H2,1H3,(H,14,15)/t9-/m1/s1. The summed E-state index contributed by atoms with van der Waals surface area (Å²) in [6.45, 7) is 2.63. The Morgan fingerprint density at radius 1 is 1.53 bits per heavy atom. The molecule has 4 heteroatoms. The molecule has 80 valence electrons. The zero-order chi connectivity index (χ0) is 11.0. The molecule has 1 aromatic rings. The molecular formula is C11H13NO3. The molecule has 0 saturated carbocycles. The smallest absolute Gasteiger partial charge is 0.335 e. The Balaban J connectivity index is 2.46. The van der Waals surface area contributed by atoms with Crippen molar-refractivity contribution >= 4 is 5.97 Å². The molecule has 15 heavy (non-hydrogen) atoms. The van der Waals surface area contributed by atoms with E-state index in [1.807, 2.05) is 0 Å². The van der Waals surface area contributed by atoms with Gasteiger partial charge in [0.15, 0.2) is 0 Å². The number of carboxylic acids is 1. The second-order valence-electron chi connectivity index (χ2n) is 3.83. The van der Waals surface area contributed by atoms with Crippen molar-refractivity contribution in [3.05, 3.63) is 28.8 Å². The zero-order valence-electron chi connectivity index (χ0n) is 8.45. The van der Waals surface area contributed by atoms with Crippen LogP contribution in [0.1, 0.15) is 33.9 Å². The number of phenolic OH excluding ortho intramolecular Hbond substituents is 1. The minimum atomic E-state index is -0.960. The van der Waals surface area contributed by atoms with Gasteiger partial charge in [0, 0.05) is 11.6 Å². The fourth-order valence-corrected chi connectivity index (χ4v) is 1.75. The van der Waals surface area contributed by atoms with Crippen LogP contribution in [0.15, 0.2) is 12.1 Å². The van der Waals surface area contributed by atoms with Crippen molar-refractivity contribution in [3.8, 4) is 5.75 Å². The average Bonchev–Trinajstić information content (AvgIpc) is 2.09. The van der Waals surface area contributed by atoms with E-state index in [1.54, 1.807) is 13.0 Å². The Hall–Kier alpha value is -1.55. The third-order valence-electron chi connectivity index (χ3n) is 2.78. The van der Waals surface area contributed by atoms with Crippen LogP contribution in [0.25, 0.3) is 0 Å². The number of hydrogen-bond acceptors (Lipinski definition) is 3. The lowest BCUT2D eigenvalue weighted by atomic mass is 9.93. The van der Waals surface area contributed by atoms with Crippen LogP contribution < -0.4 is 5.32 Å². The third-order valence-corrected chi connectivity index (χ3v) is 2.78. The van der Waals surface area contributed by atoms with E-state index in [4.69, 9.17) is 5.11 Å². The number of phenols is 1. The maximum atomic E-state index is 10.8. The van der Waals surface area contributed by atoms with Gasteiger partial charge in [0.05, 0.1) is 5.56 Å². The summed E-state index contributed by atoms with van der Waals surface area (Å²) >= 11 is 0. The molecule has 1 saturated heterocycles. The van der Waals surface area contributed by atoms with Crippen molar-refractivity contribution < 1.29 is 15.0 Å². The van der Waals surface area contributed by atoms with Crippen LogP contribution in [-0.4, -0.2) is 22.7 Å². The minimum Gasteiger partial charge on any atom is -0.507 e. The van der Waals surface area contributed by atoms with Crippen LogP contribution in [0.2, 0.25) is 0 Å². The Labute approximate surface area is 87.6 Å². The van der Waals surface area contributed by atoms with Gasteiger partial charge in [-0.1, -0.05) is 0 Å². The summed E-state index contributed by atoms with van der Waals surface area (Å²) in [7, 11) is 0.